The molecule has 12 rings (SSSR count). The van der Waals surface area contributed by atoms with Crippen LogP contribution in [0.5, 0.6) is 0 Å². The predicted octanol–water partition coefficient (Wildman–Crippen LogP) is 13.7. The molecule has 0 bridgehead atoms. The van der Waals surface area contributed by atoms with Gasteiger partial charge >= 0.3 is 0 Å². The summed E-state index contributed by atoms with van der Waals surface area (Å²) in [6.45, 7) is 0. The maximum absolute atomic E-state index is 17.6. The number of anilines is 5. The zero-order chi connectivity index (χ0) is 39.8. The number of rotatable bonds is 5. The van der Waals surface area contributed by atoms with Crippen LogP contribution in [0.15, 0.2) is 224 Å². The van der Waals surface area contributed by atoms with Gasteiger partial charge in [-0.3, -0.25) is 9.24 Å². The highest BCUT2D eigenvalue weighted by molar-refractivity contribution is 7.80. The first-order chi connectivity index (χ1) is 29.7. The Labute approximate surface area is 347 Å². The summed E-state index contributed by atoms with van der Waals surface area (Å²) >= 11 is 0. The topological polar surface area (TPSA) is 33.4 Å². The van der Waals surface area contributed by atoms with E-state index in [-0.39, 0.29) is 0 Å². The van der Waals surface area contributed by atoms with Crippen molar-refractivity contribution in [3.8, 4) is 11.4 Å². The zero-order valence-electron chi connectivity index (χ0n) is 32.5. The third-order valence-electron chi connectivity index (χ3n) is 12.0. The van der Waals surface area contributed by atoms with E-state index < -0.39 is 7.29 Å². The Morgan fingerprint density at radius 2 is 0.733 bits per heavy atom. The van der Waals surface area contributed by atoms with Gasteiger partial charge in [-0.25, -0.2) is 0 Å². The van der Waals surface area contributed by atoms with Crippen molar-refractivity contribution in [2.45, 2.75) is 0 Å². The van der Waals surface area contributed by atoms with Gasteiger partial charge in [0, 0.05) is 49.6 Å². The lowest BCUT2D eigenvalue weighted by atomic mass is 10.1. The van der Waals surface area contributed by atoms with Crippen LogP contribution in [0.25, 0.3) is 55.0 Å². The molecule has 1 atom stereocenters. The van der Waals surface area contributed by atoms with E-state index in [1.807, 2.05) is 54.6 Å². The third kappa shape index (κ3) is 5.03. The molecular formula is C54H37N4OP. The van der Waals surface area contributed by atoms with E-state index in [4.69, 9.17) is 0 Å². The molecule has 0 saturated carbocycles. The van der Waals surface area contributed by atoms with E-state index in [2.05, 4.69) is 189 Å². The predicted molar refractivity (Wildman–Crippen MR) is 252 cm³/mol. The van der Waals surface area contributed by atoms with Gasteiger partial charge < -0.3 is 14.0 Å². The minimum Gasteiger partial charge on any atom is -0.309 e. The average Bonchev–Trinajstić information content (AvgIpc) is 3.79. The highest BCUT2D eigenvalue weighted by Gasteiger charge is 2.44. The Bertz CT molecular complexity index is 3460. The molecule has 2 aromatic heterocycles. The summed E-state index contributed by atoms with van der Waals surface area (Å²) in [6, 6.07) is 78.4. The molecule has 6 heteroatoms. The second kappa shape index (κ2) is 13.5. The first-order valence-corrected chi connectivity index (χ1v) is 22.0. The van der Waals surface area contributed by atoms with Crippen molar-refractivity contribution in [1.82, 2.24) is 9.13 Å². The van der Waals surface area contributed by atoms with E-state index in [0.717, 1.165) is 94.0 Å². The van der Waals surface area contributed by atoms with Gasteiger partial charge in [0.2, 0.25) is 7.29 Å². The minimum atomic E-state index is -3.81. The molecule has 1 aliphatic heterocycles. The van der Waals surface area contributed by atoms with Gasteiger partial charge in [-0.1, -0.05) is 127 Å². The monoisotopic (exact) mass is 788 g/mol. The Hall–Kier alpha value is -7.59. The Kier molecular flexibility index (Phi) is 7.75. The van der Waals surface area contributed by atoms with Crippen molar-refractivity contribution in [1.29, 1.82) is 0 Å². The van der Waals surface area contributed by atoms with Crippen LogP contribution in [0, 0.1) is 0 Å². The van der Waals surface area contributed by atoms with Gasteiger partial charge in [-0.05, 0) is 97.1 Å². The van der Waals surface area contributed by atoms with Crippen LogP contribution in [-0.2, 0) is 4.57 Å². The Morgan fingerprint density at radius 3 is 1.27 bits per heavy atom. The molecule has 0 fully saturated rings. The summed E-state index contributed by atoms with van der Waals surface area (Å²) in [5.41, 5.74) is 10.8. The van der Waals surface area contributed by atoms with Crippen LogP contribution in [0.3, 0.4) is 0 Å². The molecule has 0 N–H and O–H groups in total. The summed E-state index contributed by atoms with van der Waals surface area (Å²) in [5, 5.41) is 5.99. The summed E-state index contributed by atoms with van der Waals surface area (Å²) in [7, 11) is -3.81. The number of hydrogen-bond acceptors (Lipinski definition) is 2. The maximum atomic E-state index is 17.6. The maximum Gasteiger partial charge on any atom is 0.236 e. The van der Waals surface area contributed by atoms with Gasteiger partial charge in [-0.2, -0.15) is 0 Å². The van der Waals surface area contributed by atoms with Crippen LogP contribution in [0.1, 0.15) is 0 Å². The Morgan fingerprint density at radius 1 is 0.317 bits per heavy atom. The molecule has 5 nitrogen and oxygen atoms in total. The largest absolute Gasteiger partial charge is 0.309 e. The molecule has 0 spiro atoms. The van der Waals surface area contributed by atoms with Crippen molar-refractivity contribution in [3.63, 3.8) is 0 Å². The van der Waals surface area contributed by atoms with Gasteiger partial charge in [0.25, 0.3) is 0 Å². The normalized spacial score (nSPS) is 15.1. The zero-order valence-corrected chi connectivity index (χ0v) is 33.4. The van der Waals surface area contributed by atoms with Crippen molar-refractivity contribution in [2.75, 3.05) is 9.57 Å². The molecule has 3 heterocycles. The van der Waals surface area contributed by atoms with Gasteiger partial charge in [0.15, 0.2) is 0 Å². The molecule has 0 saturated heterocycles. The number of hydrogen-bond donors (Lipinski definition) is 0. The third-order valence-corrected chi connectivity index (χ3v) is 15.0. The SMILES string of the molecule is O=P1(c2ccccc2)c2cc3c(cc2N(c2ccccc2)c2cc4c5ccccc5n(-c5ccccc5)c4cc2N1c1ccccc1)c1ccccc1n3-c1ccccc1. The lowest BCUT2D eigenvalue weighted by Gasteiger charge is -2.34. The van der Waals surface area contributed by atoms with E-state index in [1.54, 1.807) is 0 Å². The summed E-state index contributed by atoms with van der Waals surface area (Å²) in [6.07, 6.45) is 0. The number of aromatic nitrogens is 2. The van der Waals surface area contributed by atoms with Crippen LogP contribution in [-0.4, -0.2) is 9.13 Å². The van der Waals surface area contributed by atoms with Crippen LogP contribution in [0.4, 0.5) is 28.4 Å². The summed E-state index contributed by atoms with van der Waals surface area (Å²) in [5.74, 6) is 0. The van der Waals surface area contributed by atoms with Crippen LogP contribution >= 0.6 is 7.29 Å². The number of para-hydroxylation sites is 6. The molecule has 11 aromatic rings. The molecule has 60 heavy (non-hydrogen) atoms. The van der Waals surface area contributed by atoms with E-state index in [1.165, 1.54) is 0 Å². The van der Waals surface area contributed by atoms with Crippen LogP contribution < -0.4 is 20.2 Å². The lowest BCUT2D eigenvalue weighted by Crippen LogP contribution is -2.29. The van der Waals surface area contributed by atoms with E-state index in [9.17, 15) is 0 Å². The standard InChI is InChI=1S/C54H37N4OP/c59-60(42-28-14-5-15-29-42)54-37-50-46(44-31-17-19-33-48(44)56(50)39-22-8-2-9-23-39)35-53(54)57(40-24-10-3-11-25-40)51-34-45-43-30-16-18-32-47(43)55(38-20-6-1-7-21-38)49(45)36-52(51)58(60)41-26-12-4-13-27-41/h1-37H. The highest BCUT2D eigenvalue weighted by Crippen LogP contribution is 2.63. The fourth-order valence-corrected chi connectivity index (χ4v) is 12.5. The van der Waals surface area contributed by atoms with Crippen molar-refractivity contribution in [2.24, 2.45) is 0 Å². The molecule has 0 aliphatic carbocycles. The quantitative estimate of drug-likeness (QED) is 0.163. The molecule has 0 radical (unpaired) electrons. The first kappa shape index (κ1) is 34.5. The first-order valence-electron chi connectivity index (χ1n) is 20.3. The molecule has 9 aromatic carbocycles. The van der Waals surface area contributed by atoms with Crippen molar-refractivity contribution in [3.05, 3.63) is 224 Å². The fraction of sp³-hybridized carbons (Fsp3) is 0. The van der Waals surface area contributed by atoms with E-state index in [0.29, 0.717) is 0 Å². The van der Waals surface area contributed by atoms with Gasteiger partial charge in [-0.15, -0.1) is 0 Å². The second-order valence-corrected chi connectivity index (χ2v) is 17.9. The minimum absolute atomic E-state index is 0.751. The smallest absolute Gasteiger partial charge is 0.236 e. The molecular weight excluding hydrogens is 752 g/mol. The van der Waals surface area contributed by atoms with Crippen LogP contribution in [0.2, 0.25) is 0 Å². The number of nitrogens with zero attached hydrogens (tertiary/aromatic N) is 4. The van der Waals surface area contributed by atoms with Crippen molar-refractivity contribution < 1.29 is 4.57 Å². The van der Waals surface area contributed by atoms with Gasteiger partial charge in [0.05, 0.1) is 44.4 Å². The summed E-state index contributed by atoms with van der Waals surface area (Å²) in [4.78, 5) is 2.35. The molecule has 1 aliphatic rings. The molecule has 1 unspecified atom stereocenters. The second-order valence-electron chi connectivity index (χ2n) is 15.3. The summed E-state index contributed by atoms with van der Waals surface area (Å²) < 4.78 is 24.4. The number of fused-ring (bicyclic) bond motifs is 8. The Balaban J connectivity index is 1.31. The average molecular weight is 789 g/mol. The van der Waals surface area contributed by atoms with Crippen molar-refractivity contribution >= 4 is 90.0 Å². The lowest BCUT2D eigenvalue weighted by molar-refractivity contribution is 0.587. The molecule has 0 amide bonds. The fourth-order valence-electron chi connectivity index (χ4n) is 9.47. The molecule has 284 valence electrons. The number of benzene rings is 9. The van der Waals surface area contributed by atoms with Gasteiger partial charge in [0.1, 0.15) is 0 Å². The highest BCUT2D eigenvalue weighted by atomic mass is 31.2. The van der Waals surface area contributed by atoms with E-state index >= 15 is 4.57 Å².